The lowest BCUT2D eigenvalue weighted by molar-refractivity contribution is -0.121. The van der Waals surface area contributed by atoms with Gasteiger partial charge in [0, 0.05) is 24.7 Å². The lowest BCUT2D eigenvalue weighted by atomic mass is 10.2. The monoisotopic (exact) mass is 327 g/mol. The molecule has 0 radical (unpaired) electrons. The molecule has 0 unspecified atom stereocenters. The first-order valence-corrected chi connectivity index (χ1v) is 7.27. The van der Waals surface area contributed by atoms with Gasteiger partial charge in [0.15, 0.2) is 5.65 Å². The van der Waals surface area contributed by atoms with Gasteiger partial charge >= 0.3 is 0 Å². The number of aromatic nitrogens is 3. The van der Waals surface area contributed by atoms with E-state index in [1.165, 1.54) is 18.2 Å². The van der Waals surface area contributed by atoms with Crippen molar-refractivity contribution in [1.82, 2.24) is 14.6 Å². The summed E-state index contributed by atoms with van der Waals surface area (Å²) >= 11 is 0. The van der Waals surface area contributed by atoms with Gasteiger partial charge in [0.25, 0.3) is 0 Å². The fourth-order valence-corrected chi connectivity index (χ4v) is 2.13. The van der Waals surface area contributed by atoms with Crippen LogP contribution in [-0.4, -0.2) is 26.4 Å². The second kappa shape index (κ2) is 6.86. The number of carbonyl (C=O) groups excluding carboxylic acids is 2. The van der Waals surface area contributed by atoms with Crippen LogP contribution in [0.25, 0.3) is 5.65 Å². The molecule has 0 saturated heterocycles. The number of halogens is 1. The van der Waals surface area contributed by atoms with Crippen molar-refractivity contribution in [2.45, 2.75) is 12.8 Å². The zero-order valence-corrected chi connectivity index (χ0v) is 12.6. The van der Waals surface area contributed by atoms with Crippen molar-refractivity contribution in [2.24, 2.45) is 0 Å². The molecule has 0 fully saturated rings. The van der Waals surface area contributed by atoms with Crippen molar-refractivity contribution in [3.63, 3.8) is 0 Å². The molecule has 3 rings (SSSR count). The molecule has 0 saturated carbocycles. The van der Waals surface area contributed by atoms with E-state index in [9.17, 15) is 14.0 Å². The van der Waals surface area contributed by atoms with Gasteiger partial charge < -0.3 is 5.32 Å². The van der Waals surface area contributed by atoms with E-state index in [0.29, 0.717) is 17.3 Å². The highest BCUT2D eigenvalue weighted by Crippen LogP contribution is 2.11. The molecule has 7 nitrogen and oxygen atoms in total. The van der Waals surface area contributed by atoms with Crippen LogP contribution in [0.2, 0.25) is 0 Å². The van der Waals surface area contributed by atoms with Crippen LogP contribution in [0, 0.1) is 5.82 Å². The van der Waals surface area contributed by atoms with Crippen molar-refractivity contribution in [1.29, 1.82) is 0 Å². The Hall–Kier alpha value is -3.29. The number of anilines is 2. The number of hydrogen-bond donors (Lipinski definition) is 2. The van der Waals surface area contributed by atoms with Crippen LogP contribution >= 0.6 is 0 Å². The number of nitrogens with one attached hydrogen (secondary N) is 2. The summed E-state index contributed by atoms with van der Waals surface area (Å²) in [5.41, 5.74) is 0.959. The molecule has 2 amide bonds. The van der Waals surface area contributed by atoms with Gasteiger partial charge in [-0.3, -0.25) is 19.3 Å². The summed E-state index contributed by atoms with van der Waals surface area (Å²) < 4.78 is 14.7. The Morgan fingerprint density at radius 3 is 2.58 bits per heavy atom. The van der Waals surface area contributed by atoms with E-state index in [1.807, 2.05) is 6.07 Å². The highest BCUT2D eigenvalue weighted by atomic mass is 19.1. The number of benzene rings is 1. The first-order valence-electron chi connectivity index (χ1n) is 7.27. The third kappa shape index (κ3) is 3.72. The summed E-state index contributed by atoms with van der Waals surface area (Å²) in [6.45, 7) is 0. The second-order valence-corrected chi connectivity index (χ2v) is 5.06. The molecule has 2 heterocycles. The van der Waals surface area contributed by atoms with Crippen LogP contribution in [0.4, 0.5) is 16.0 Å². The summed E-state index contributed by atoms with van der Waals surface area (Å²) in [5, 5.41) is 12.9. The van der Waals surface area contributed by atoms with Crippen molar-refractivity contribution in [3.8, 4) is 0 Å². The van der Waals surface area contributed by atoms with Crippen LogP contribution in [0.1, 0.15) is 12.8 Å². The summed E-state index contributed by atoms with van der Waals surface area (Å²) in [5.74, 6) is -0.880. The van der Waals surface area contributed by atoms with E-state index in [-0.39, 0.29) is 24.7 Å². The zero-order valence-electron chi connectivity index (χ0n) is 12.6. The minimum atomic E-state index is -0.441. The summed E-state index contributed by atoms with van der Waals surface area (Å²) in [4.78, 5) is 23.7. The molecular weight excluding hydrogens is 313 g/mol. The number of hydrogen-bond acceptors (Lipinski definition) is 4. The third-order valence-electron chi connectivity index (χ3n) is 3.25. The minimum absolute atomic E-state index is 0.0249. The zero-order chi connectivity index (χ0) is 16.9. The number of pyridine rings is 1. The predicted molar refractivity (Wildman–Crippen MR) is 85.9 cm³/mol. The van der Waals surface area contributed by atoms with E-state index in [0.717, 1.165) is 0 Å². The maximum absolute atomic E-state index is 13.0. The Kier molecular flexibility index (Phi) is 4.46. The van der Waals surface area contributed by atoms with Gasteiger partial charge in [-0.05, 0) is 30.3 Å². The molecule has 0 aliphatic rings. The van der Waals surface area contributed by atoms with E-state index >= 15 is 0 Å². The summed E-state index contributed by atoms with van der Waals surface area (Å²) in [6.07, 6.45) is 1.67. The van der Waals surface area contributed by atoms with Crippen molar-refractivity contribution >= 4 is 29.1 Å². The molecule has 24 heavy (non-hydrogen) atoms. The molecule has 2 N–H and O–H groups in total. The largest absolute Gasteiger partial charge is 0.326 e. The van der Waals surface area contributed by atoms with Crippen LogP contribution in [0.3, 0.4) is 0 Å². The first kappa shape index (κ1) is 15.6. The van der Waals surface area contributed by atoms with Gasteiger partial charge in [0.05, 0.1) is 0 Å². The van der Waals surface area contributed by atoms with E-state index in [1.54, 1.807) is 28.8 Å². The molecule has 122 valence electrons. The first-order chi connectivity index (χ1) is 11.6. The van der Waals surface area contributed by atoms with E-state index in [4.69, 9.17) is 0 Å². The summed E-state index contributed by atoms with van der Waals surface area (Å²) in [6, 6.07) is 10.9. The van der Waals surface area contributed by atoms with Crippen molar-refractivity contribution < 1.29 is 14.0 Å². The van der Waals surface area contributed by atoms with Gasteiger partial charge in [-0.1, -0.05) is 12.1 Å². The molecular formula is C16H14FN5O2. The second-order valence-electron chi connectivity index (χ2n) is 5.06. The molecule has 0 atom stereocenters. The average Bonchev–Trinajstić information content (AvgIpc) is 2.96. The van der Waals surface area contributed by atoms with Gasteiger partial charge in [-0.15, -0.1) is 10.2 Å². The fraction of sp³-hybridized carbons (Fsp3) is 0.125. The smallest absolute Gasteiger partial charge is 0.235 e. The van der Waals surface area contributed by atoms with Crippen LogP contribution < -0.4 is 10.6 Å². The number of rotatable bonds is 5. The maximum Gasteiger partial charge on any atom is 0.235 e. The molecule has 0 aliphatic heterocycles. The Morgan fingerprint density at radius 1 is 1.00 bits per heavy atom. The standard InChI is InChI=1S/C16H14FN5O2/c17-11-4-3-5-12(10-11)18-14(23)7-8-15(24)19-16-21-20-13-6-1-2-9-22(13)16/h1-6,9-10H,7-8H2,(H,18,23)(H,19,21,24). The quantitative estimate of drug-likeness (QED) is 0.752. The summed E-state index contributed by atoms with van der Waals surface area (Å²) in [7, 11) is 0. The normalized spacial score (nSPS) is 10.5. The molecule has 3 aromatic rings. The van der Waals surface area contributed by atoms with Gasteiger partial charge in [-0.25, -0.2) is 4.39 Å². The number of amides is 2. The number of fused-ring (bicyclic) bond motifs is 1. The van der Waals surface area contributed by atoms with Gasteiger partial charge in [0.1, 0.15) is 5.82 Å². The van der Waals surface area contributed by atoms with Crippen molar-refractivity contribution in [3.05, 3.63) is 54.5 Å². The number of carbonyl (C=O) groups is 2. The molecule has 0 spiro atoms. The van der Waals surface area contributed by atoms with Crippen LogP contribution in [0.15, 0.2) is 48.7 Å². The fourth-order valence-electron chi connectivity index (χ4n) is 2.13. The Bertz CT molecular complexity index is 893. The molecule has 0 bridgehead atoms. The molecule has 8 heteroatoms. The van der Waals surface area contributed by atoms with Gasteiger partial charge in [-0.2, -0.15) is 0 Å². The highest BCUT2D eigenvalue weighted by Gasteiger charge is 2.11. The Balaban J connectivity index is 1.53. The topological polar surface area (TPSA) is 88.4 Å². The molecule has 1 aromatic carbocycles. The lowest BCUT2D eigenvalue weighted by Gasteiger charge is -2.05. The maximum atomic E-state index is 13.0. The van der Waals surface area contributed by atoms with E-state index in [2.05, 4.69) is 20.8 Å². The number of nitrogens with zero attached hydrogens (tertiary/aromatic N) is 3. The van der Waals surface area contributed by atoms with Crippen molar-refractivity contribution in [2.75, 3.05) is 10.6 Å². The minimum Gasteiger partial charge on any atom is -0.326 e. The average molecular weight is 327 g/mol. The van der Waals surface area contributed by atoms with E-state index < -0.39 is 5.82 Å². The van der Waals surface area contributed by atoms with Gasteiger partial charge in [0.2, 0.25) is 17.8 Å². The molecule has 2 aromatic heterocycles. The third-order valence-corrected chi connectivity index (χ3v) is 3.25. The lowest BCUT2D eigenvalue weighted by Crippen LogP contribution is -2.18. The Morgan fingerprint density at radius 2 is 1.79 bits per heavy atom. The Labute approximate surface area is 136 Å². The highest BCUT2D eigenvalue weighted by molar-refractivity contribution is 5.96. The van der Waals surface area contributed by atoms with Crippen LogP contribution in [0.5, 0.6) is 0 Å². The predicted octanol–water partition coefficient (Wildman–Crippen LogP) is 2.23. The molecule has 0 aliphatic carbocycles. The van der Waals surface area contributed by atoms with Crippen LogP contribution in [-0.2, 0) is 9.59 Å². The SMILES string of the molecule is O=C(CCC(=O)Nc1nnc2ccccn12)Nc1cccc(F)c1.